The number of halogens is 3. The fourth-order valence-electron chi connectivity index (χ4n) is 1.97. The quantitative estimate of drug-likeness (QED) is 0.558. The van der Waals surface area contributed by atoms with Crippen molar-refractivity contribution in [3.63, 3.8) is 0 Å². The molecule has 1 aliphatic heterocycles. The largest absolute Gasteiger partial charge is 0.411 e. The van der Waals surface area contributed by atoms with E-state index in [9.17, 15) is 13.2 Å². The molecule has 0 aromatic heterocycles. The first kappa shape index (κ1) is 16.6. The van der Waals surface area contributed by atoms with Gasteiger partial charge in [-0.2, -0.15) is 13.2 Å². The van der Waals surface area contributed by atoms with Crippen LogP contribution in [0.2, 0.25) is 0 Å². The Morgan fingerprint density at radius 1 is 1.16 bits per heavy atom. The van der Waals surface area contributed by atoms with Crippen LogP contribution >= 0.6 is 12.2 Å². The Kier molecular flexibility index (Phi) is 6.98. The molecule has 0 atom stereocenters. The van der Waals surface area contributed by atoms with Gasteiger partial charge in [-0.25, -0.2) is 0 Å². The van der Waals surface area contributed by atoms with Gasteiger partial charge < -0.3 is 15.4 Å². The Morgan fingerprint density at radius 3 is 2.26 bits per heavy atom. The smallest absolute Gasteiger partial charge is 0.392 e. The number of hydrogen-bond donors (Lipinski definition) is 1. The molecule has 8 heteroatoms. The average Bonchev–Trinajstić information content (AvgIpc) is 2.28. The Hall–Kier alpha value is -0.440. The molecule has 0 aromatic carbocycles. The molecule has 19 heavy (non-hydrogen) atoms. The summed E-state index contributed by atoms with van der Waals surface area (Å²) in [7, 11) is 0. The van der Waals surface area contributed by atoms with Crippen LogP contribution in [-0.2, 0) is 4.74 Å². The third kappa shape index (κ3) is 8.35. The van der Waals surface area contributed by atoms with Gasteiger partial charge in [0.25, 0.3) is 0 Å². The van der Waals surface area contributed by atoms with Crippen molar-refractivity contribution in [2.24, 2.45) is 5.73 Å². The predicted octanol–water partition coefficient (Wildman–Crippen LogP) is 0.859. The fourth-order valence-corrected chi connectivity index (χ4v) is 2.15. The van der Waals surface area contributed by atoms with Gasteiger partial charge in [0.1, 0.15) is 6.61 Å². The average molecular weight is 299 g/mol. The summed E-state index contributed by atoms with van der Waals surface area (Å²) in [4.78, 5) is 4.89. The van der Waals surface area contributed by atoms with E-state index in [2.05, 4.69) is 14.5 Å². The second-order valence-corrected chi connectivity index (χ2v) is 5.13. The summed E-state index contributed by atoms with van der Waals surface area (Å²) < 4.78 is 40.0. The minimum absolute atomic E-state index is 0.145. The maximum Gasteiger partial charge on any atom is 0.411 e. The summed E-state index contributed by atoms with van der Waals surface area (Å²) in [5, 5.41) is 0. The summed E-state index contributed by atoms with van der Waals surface area (Å²) >= 11 is 4.85. The van der Waals surface area contributed by atoms with E-state index >= 15 is 0 Å². The summed E-state index contributed by atoms with van der Waals surface area (Å²) in [6.07, 6.45) is -3.61. The summed E-state index contributed by atoms with van der Waals surface area (Å²) in [5.74, 6) is 0. The normalized spacial score (nSPS) is 18.7. The van der Waals surface area contributed by atoms with Gasteiger partial charge in [-0.05, 0) is 6.42 Å². The molecule has 1 rings (SSSR count). The lowest BCUT2D eigenvalue weighted by Gasteiger charge is -2.34. The highest BCUT2D eigenvalue weighted by Gasteiger charge is 2.27. The van der Waals surface area contributed by atoms with Crippen molar-refractivity contribution in [1.29, 1.82) is 0 Å². The fraction of sp³-hybridized carbons (Fsp3) is 0.909. The molecule has 1 heterocycles. The first-order valence-electron chi connectivity index (χ1n) is 6.24. The third-order valence-electron chi connectivity index (χ3n) is 2.87. The predicted molar refractivity (Wildman–Crippen MR) is 71.2 cm³/mol. The molecule has 0 aromatic rings. The summed E-state index contributed by atoms with van der Waals surface area (Å²) in [5.41, 5.74) is 5.47. The topological polar surface area (TPSA) is 41.7 Å². The van der Waals surface area contributed by atoms with Gasteiger partial charge in [-0.1, -0.05) is 12.2 Å². The van der Waals surface area contributed by atoms with Gasteiger partial charge in [-0.15, -0.1) is 0 Å². The second kappa shape index (κ2) is 7.98. The summed E-state index contributed by atoms with van der Waals surface area (Å²) in [6, 6.07) is 0. The van der Waals surface area contributed by atoms with Crippen LogP contribution in [-0.4, -0.2) is 73.4 Å². The molecule has 4 nitrogen and oxygen atoms in total. The summed E-state index contributed by atoms with van der Waals surface area (Å²) in [6.45, 7) is 3.95. The van der Waals surface area contributed by atoms with Crippen LogP contribution in [0.3, 0.4) is 0 Å². The van der Waals surface area contributed by atoms with Gasteiger partial charge in [0.05, 0.1) is 4.99 Å². The zero-order valence-electron chi connectivity index (χ0n) is 10.8. The minimum Gasteiger partial charge on any atom is -0.392 e. The molecule has 0 radical (unpaired) electrons. The van der Waals surface area contributed by atoms with E-state index in [4.69, 9.17) is 18.0 Å². The maximum atomic E-state index is 11.8. The number of nitrogens with zero attached hydrogens (tertiary/aromatic N) is 2. The van der Waals surface area contributed by atoms with Crippen LogP contribution in [0.25, 0.3) is 0 Å². The zero-order chi connectivity index (χ0) is 14.3. The van der Waals surface area contributed by atoms with Crippen LogP contribution in [0, 0.1) is 0 Å². The van der Waals surface area contributed by atoms with Crippen molar-refractivity contribution in [2.75, 3.05) is 52.5 Å². The number of hydrogen-bond acceptors (Lipinski definition) is 4. The number of alkyl halides is 3. The molecule has 0 bridgehead atoms. The number of nitrogens with two attached hydrogens (primary N) is 1. The minimum atomic E-state index is -4.23. The zero-order valence-corrected chi connectivity index (χ0v) is 11.6. The second-order valence-electron chi connectivity index (χ2n) is 4.61. The van der Waals surface area contributed by atoms with E-state index in [1.165, 1.54) is 0 Å². The van der Waals surface area contributed by atoms with E-state index in [1.54, 1.807) is 0 Å². The molecule has 0 unspecified atom stereocenters. The first-order valence-corrected chi connectivity index (χ1v) is 6.65. The highest BCUT2D eigenvalue weighted by molar-refractivity contribution is 7.80. The molecule has 1 aliphatic rings. The van der Waals surface area contributed by atoms with Crippen molar-refractivity contribution >= 4 is 17.2 Å². The SMILES string of the molecule is NC(=S)CN1CCN(CCCOCC(F)(F)F)CC1. The molecule has 0 aliphatic carbocycles. The lowest BCUT2D eigenvalue weighted by atomic mass is 10.3. The first-order chi connectivity index (χ1) is 8.87. The van der Waals surface area contributed by atoms with Crippen molar-refractivity contribution in [3.05, 3.63) is 0 Å². The van der Waals surface area contributed by atoms with Crippen LogP contribution in [0.4, 0.5) is 13.2 Å². The highest BCUT2D eigenvalue weighted by Crippen LogP contribution is 2.14. The number of rotatable bonds is 7. The monoisotopic (exact) mass is 299 g/mol. The third-order valence-corrected chi connectivity index (χ3v) is 3.00. The Labute approximate surface area is 116 Å². The Balaban J connectivity index is 2.02. The van der Waals surface area contributed by atoms with Gasteiger partial charge >= 0.3 is 6.18 Å². The standard InChI is InChI=1S/C11H20F3N3OS/c12-11(13,14)9-18-7-1-2-16-3-5-17(6-4-16)8-10(15)19/h1-9H2,(H2,15,19). The Bertz CT molecular complexity index is 281. The maximum absolute atomic E-state index is 11.8. The number of ether oxygens (including phenoxy) is 1. The molecule has 0 amide bonds. The van der Waals surface area contributed by atoms with Crippen LogP contribution in [0.15, 0.2) is 0 Å². The number of thiocarbonyl (C=S) groups is 1. The molecule has 112 valence electrons. The number of piperazine rings is 1. The van der Waals surface area contributed by atoms with Gasteiger partial charge in [-0.3, -0.25) is 4.90 Å². The van der Waals surface area contributed by atoms with Crippen molar-refractivity contribution in [3.8, 4) is 0 Å². The van der Waals surface area contributed by atoms with Crippen molar-refractivity contribution in [1.82, 2.24) is 9.80 Å². The van der Waals surface area contributed by atoms with E-state index < -0.39 is 12.8 Å². The molecule has 0 saturated carbocycles. The van der Waals surface area contributed by atoms with Gasteiger partial charge in [0.15, 0.2) is 0 Å². The molecular weight excluding hydrogens is 279 g/mol. The molecular formula is C11H20F3N3OS. The van der Waals surface area contributed by atoms with Crippen molar-refractivity contribution < 1.29 is 17.9 Å². The van der Waals surface area contributed by atoms with Gasteiger partial charge in [0, 0.05) is 45.9 Å². The molecule has 2 N–H and O–H groups in total. The lowest BCUT2D eigenvalue weighted by molar-refractivity contribution is -0.174. The molecule has 1 fully saturated rings. The Morgan fingerprint density at radius 2 is 1.74 bits per heavy atom. The highest BCUT2D eigenvalue weighted by atomic mass is 32.1. The van der Waals surface area contributed by atoms with Crippen LogP contribution in [0.1, 0.15) is 6.42 Å². The van der Waals surface area contributed by atoms with E-state index in [0.717, 1.165) is 32.7 Å². The molecule has 1 saturated heterocycles. The van der Waals surface area contributed by atoms with Crippen LogP contribution < -0.4 is 5.73 Å². The lowest BCUT2D eigenvalue weighted by Crippen LogP contribution is -2.48. The van der Waals surface area contributed by atoms with E-state index in [0.29, 0.717) is 18.0 Å². The van der Waals surface area contributed by atoms with Crippen molar-refractivity contribution in [2.45, 2.75) is 12.6 Å². The van der Waals surface area contributed by atoms with E-state index in [-0.39, 0.29) is 6.61 Å². The molecule has 0 spiro atoms. The van der Waals surface area contributed by atoms with Gasteiger partial charge in [0.2, 0.25) is 0 Å². The van der Waals surface area contributed by atoms with Crippen LogP contribution in [0.5, 0.6) is 0 Å². The van der Waals surface area contributed by atoms with E-state index in [1.807, 2.05) is 0 Å².